The van der Waals surface area contributed by atoms with E-state index in [1.807, 2.05) is 54.6 Å². The molecule has 1 aliphatic heterocycles. The number of carbonyl (C=O) groups is 1. The highest BCUT2D eigenvalue weighted by Gasteiger charge is 2.41. The van der Waals surface area contributed by atoms with Crippen LogP contribution in [0, 0.1) is 0 Å². The number of thiazole rings is 1. The van der Waals surface area contributed by atoms with Crippen molar-refractivity contribution in [2.24, 2.45) is 0 Å². The van der Waals surface area contributed by atoms with Crippen LogP contribution in [-0.2, 0) is 16.8 Å². The van der Waals surface area contributed by atoms with Gasteiger partial charge in [0.25, 0.3) is 0 Å². The number of para-hydroxylation sites is 1. The smallest absolute Gasteiger partial charge is 0.249 e. The van der Waals surface area contributed by atoms with Crippen molar-refractivity contribution in [1.82, 2.24) is 10.3 Å². The number of anilines is 1. The van der Waals surface area contributed by atoms with Crippen LogP contribution < -0.4 is 10.6 Å². The number of nitrogens with one attached hydrogen (secondary N) is 2. The van der Waals surface area contributed by atoms with Crippen LogP contribution in [0.2, 0.25) is 0 Å². The van der Waals surface area contributed by atoms with Crippen LogP contribution in [0.4, 0.5) is 5.00 Å². The minimum atomic E-state index is -0.198. The molecule has 6 heteroatoms. The van der Waals surface area contributed by atoms with Gasteiger partial charge in [-0.2, -0.15) is 0 Å². The fourth-order valence-corrected chi connectivity index (χ4v) is 7.10. The summed E-state index contributed by atoms with van der Waals surface area (Å²) in [7, 11) is 0. The highest BCUT2D eigenvalue weighted by Crippen LogP contribution is 2.50. The van der Waals surface area contributed by atoms with Crippen molar-refractivity contribution in [3.63, 3.8) is 0 Å². The molecule has 0 atom stereocenters. The lowest BCUT2D eigenvalue weighted by Crippen LogP contribution is -2.54. The lowest BCUT2D eigenvalue weighted by Gasteiger charge is -2.42. The first-order valence-corrected chi connectivity index (χ1v) is 12.7. The average Bonchev–Trinajstić information content (AvgIpc) is 3.33. The second-order valence-corrected chi connectivity index (χ2v) is 11.7. The number of amides is 1. The average molecular weight is 474 g/mol. The minimum Gasteiger partial charge on any atom is -0.313 e. The number of benzene rings is 2. The first kappa shape index (κ1) is 22.0. The molecule has 0 bridgehead atoms. The number of thiophene rings is 1. The molecule has 5 rings (SSSR count). The van der Waals surface area contributed by atoms with E-state index < -0.39 is 0 Å². The summed E-state index contributed by atoms with van der Waals surface area (Å²) in [6.07, 6.45) is 4.32. The maximum absolute atomic E-state index is 12.9. The Labute approximate surface area is 202 Å². The number of carbonyl (C=O) groups excluding carboxylic acids is 1. The Morgan fingerprint density at radius 1 is 1.03 bits per heavy atom. The highest BCUT2D eigenvalue weighted by atomic mass is 32.1. The third-order valence-corrected chi connectivity index (χ3v) is 8.34. The van der Waals surface area contributed by atoms with Gasteiger partial charge in [-0.05, 0) is 63.5 Å². The van der Waals surface area contributed by atoms with E-state index >= 15 is 0 Å². The van der Waals surface area contributed by atoms with Crippen molar-refractivity contribution < 1.29 is 4.79 Å². The summed E-state index contributed by atoms with van der Waals surface area (Å²) in [5, 5.41) is 8.78. The van der Waals surface area contributed by atoms with E-state index in [9.17, 15) is 4.79 Å². The van der Waals surface area contributed by atoms with E-state index in [-0.39, 0.29) is 17.0 Å². The van der Waals surface area contributed by atoms with Crippen LogP contribution in [0.15, 0.2) is 60.7 Å². The van der Waals surface area contributed by atoms with Gasteiger partial charge >= 0.3 is 0 Å². The molecule has 1 aliphatic rings. The quantitative estimate of drug-likeness (QED) is 0.319. The van der Waals surface area contributed by atoms with E-state index in [1.165, 1.54) is 10.4 Å². The zero-order valence-corrected chi connectivity index (χ0v) is 20.9. The zero-order valence-electron chi connectivity index (χ0n) is 19.2. The number of aromatic nitrogens is 1. The van der Waals surface area contributed by atoms with Gasteiger partial charge in [-0.15, -0.1) is 22.7 Å². The van der Waals surface area contributed by atoms with Crippen LogP contribution >= 0.6 is 22.7 Å². The second-order valence-electron chi connectivity index (χ2n) is 9.64. The normalized spacial score (nSPS) is 16.7. The molecule has 2 N–H and O–H groups in total. The summed E-state index contributed by atoms with van der Waals surface area (Å²) in [6, 6.07) is 18.1. The first-order chi connectivity index (χ1) is 15.7. The van der Waals surface area contributed by atoms with Crippen molar-refractivity contribution >= 4 is 49.9 Å². The molecule has 0 fully saturated rings. The zero-order chi connectivity index (χ0) is 23.2. The standard InChI is InChI=1S/C27H27N3OS2/c1-26(2)16-18-22(24-28-19-12-8-9-13-20(19)32-24)25(33-23(18)27(3,4)30-26)29-21(31)15-14-17-10-6-5-7-11-17/h5-15,30H,16H2,1-4H3,(H,29,31)/b15-14+. The SMILES string of the molecule is CC1(C)Cc2c(sc(NC(=O)/C=C/c3ccccc3)c2-c2nc3ccccc3s2)C(C)(C)N1. The van der Waals surface area contributed by atoms with Gasteiger partial charge < -0.3 is 10.6 Å². The third-order valence-electron chi connectivity index (χ3n) is 5.82. The second kappa shape index (κ2) is 8.20. The van der Waals surface area contributed by atoms with Crippen LogP contribution in [0.3, 0.4) is 0 Å². The summed E-state index contributed by atoms with van der Waals surface area (Å²) in [5.74, 6) is -0.134. The minimum absolute atomic E-state index is 0.0580. The molecule has 4 nitrogen and oxygen atoms in total. The third kappa shape index (κ3) is 4.38. The molecule has 3 heterocycles. The molecular formula is C27H27N3OS2. The van der Waals surface area contributed by atoms with Crippen LogP contribution in [0.25, 0.3) is 26.9 Å². The van der Waals surface area contributed by atoms with Crippen molar-refractivity contribution in [1.29, 1.82) is 0 Å². The Balaban J connectivity index is 1.59. The van der Waals surface area contributed by atoms with E-state index in [0.29, 0.717) is 0 Å². The number of hydrogen-bond acceptors (Lipinski definition) is 5. The lowest BCUT2D eigenvalue weighted by molar-refractivity contribution is -0.111. The van der Waals surface area contributed by atoms with Gasteiger partial charge in [-0.1, -0.05) is 42.5 Å². The molecule has 0 unspecified atom stereocenters. The van der Waals surface area contributed by atoms with Gasteiger partial charge in [-0.3, -0.25) is 4.79 Å². The van der Waals surface area contributed by atoms with Crippen LogP contribution in [-0.4, -0.2) is 16.4 Å². The van der Waals surface area contributed by atoms with Crippen molar-refractivity contribution in [3.05, 3.63) is 76.7 Å². The molecule has 0 saturated heterocycles. The lowest BCUT2D eigenvalue weighted by atomic mass is 9.81. The molecule has 33 heavy (non-hydrogen) atoms. The number of nitrogens with zero attached hydrogens (tertiary/aromatic N) is 1. The summed E-state index contributed by atoms with van der Waals surface area (Å²) >= 11 is 3.35. The molecule has 4 aromatic rings. The molecule has 0 spiro atoms. The van der Waals surface area contributed by atoms with E-state index in [1.54, 1.807) is 28.7 Å². The number of fused-ring (bicyclic) bond motifs is 2. The highest BCUT2D eigenvalue weighted by molar-refractivity contribution is 7.23. The van der Waals surface area contributed by atoms with E-state index in [2.05, 4.69) is 44.4 Å². The fourth-order valence-electron chi connectivity index (χ4n) is 4.71. The maximum atomic E-state index is 12.9. The predicted octanol–water partition coefficient (Wildman–Crippen LogP) is 6.84. The first-order valence-electron chi connectivity index (χ1n) is 11.1. The van der Waals surface area contributed by atoms with E-state index in [4.69, 9.17) is 4.98 Å². The van der Waals surface area contributed by atoms with Gasteiger partial charge in [-0.25, -0.2) is 4.98 Å². The molecule has 2 aromatic carbocycles. The summed E-state index contributed by atoms with van der Waals surface area (Å²) in [6.45, 7) is 8.90. The number of hydrogen-bond donors (Lipinski definition) is 2. The van der Waals surface area contributed by atoms with Gasteiger partial charge in [0.1, 0.15) is 10.0 Å². The summed E-state index contributed by atoms with van der Waals surface area (Å²) < 4.78 is 1.15. The summed E-state index contributed by atoms with van der Waals surface area (Å²) in [5.41, 5.74) is 4.09. The topological polar surface area (TPSA) is 54.0 Å². The molecule has 0 radical (unpaired) electrons. The Morgan fingerprint density at radius 3 is 2.52 bits per heavy atom. The van der Waals surface area contributed by atoms with Gasteiger partial charge in [0, 0.05) is 27.6 Å². The number of rotatable bonds is 4. The molecule has 2 aromatic heterocycles. The largest absolute Gasteiger partial charge is 0.313 e. The van der Waals surface area contributed by atoms with Crippen molar-refractivity contribution in [2.45, 2.75) is 45.2 Å². The molecule has 168 valence electrons. The predicted molar refractivity (Wildman–Crippen MR) is 141 cm³/mol. The Kier molecular flexibility index (Phi) is 5.47. The molecule has 0 saturated carbocycles. The summed E-state index contributed by atoms with van der Waals surface area (Å²) in [4.78, 5) is 19.1. The Hall–Kier alpha value is -2.80. The van der Waals surface area contributed by atoms with Gasteiger partial charge in [0.2, 0.25) is 5.91 Å². The molecule has 0 aliphatic carbocycles. The molecular weight excluding hydrogens is 446 g/mol. The van der Waals surface area contributed by atoms with Gasteiger partial charge in [0.15, 0.2) is 0 Å². The Morgan fingerprint density at radius 2 is 1.76 bits per heavy atom. The van der Waals surface area contributed by atoms with E-state index in [0.717, 1.165) is 37.8 Å². The van der Waals surface area contributed by atoms with Crippen LogP contribution in [0.5, 0.6) is 0 Å². The van der Waals surface area contributed by atoms with Crippen molar-refractivity contribution in [2.75, 3.05) is 5.32 Å². The fraction of sp³-hybridized carbons (Fsp3) is 0.259. The Bertz CT molecular complexity index is 1330. The molecule has 1 amide bonds. The monoisotopic (exact) mass is 473 g/mol. The van der Waals surface area contributed by atoms with Crippen molar-refractivity contribution in [3.8, 4) is 10.6 Å². The maximum Gasteiger partial charge on any atom is 0.249 e. The van der Waals surface area contributed by atoms with Crippen LogP contribution in [0.1, 0.15) is 43.7 Å². The van der Waals surface area contributed by atoms with Gasteiger partial charge in [0.05, 0.1) is 10.2 Å².